The molecule has 128 valence electrons. The Labute approximate surface area is 141 Å². The molecule has 1 saturated heterocycles. The standard InChI is InChI=1S/C20H32N2O/c1-4-11-20(17(2)23)12-15-22(16-13-20)14-10-19(21-3)18-8-6-5-7-9-18/h5-9,19,21H,4,10-16H2,1-3H3. The lowest BCUT2D eigenvalue weighted by molar-refractivity contribution is -0.129. The Kier molecular flexibility index (Phi) is 6.79. The first-order valence-corrected chi connectivity index (χ1v) is 9.07. The molecule has 1 atom stereocenters. The molecule has 1 fully saturated rings. The normalized spacial score (nSPS) is 19.4. The van der Waals surface area contributed by atoms with Crippen LogP contribution in [0.2, 0.25) is 0 Å². The largest absolute Gasteiger partial charge is 0.313 e. The molecule has 0 amide bonds. The van der Waals surface area contributed by atoms with Crippen LogP contribution in [-0.4, -0.2) is 37.4 Å². The van der Waals surface area contributed by atoms with Crippen molar-refractivity contribution < 1.29 is 4.79 Å². The van der Waals surface area contributed by atoms with Crippen molar-refractivity contribution in [2.75, 3.05) is 26.7 Å². The first-order chi connectivity index (χ1) is 11.1. The molecule has 23 heavy (non-hydrogen) atoms. The molecule has 0 aromatic heterocycles. The van der Waals surface area contributed by atoms with Gasteiger partial charge in [-0.05, 0) is 64.9 Å². The number of ketones is 1. The Morgan fingerprint density at radius 3 is 2.43 bits per heavy atom. The van der Waals surface area contributed by atoms with Gasteiger partial charge in [0, 0.05) is 11.5 Å². The highest BCUT2D eigenvalue weighted by Crippen LogP contribution is 2.37. The van der Waals surface area contributed by atoms with Crippen molar-refractivity contribution in [3.05, 3.63) is 35.9 Å². The van der Waals surface area contributed by atoms with Gasteiger partial charge in [-0.25, -0.2) is 0 Å². The fourth-order valence-corrected chi connectivity index (χ4v) is 3.94. The minimum atomic E-state index is -0.0346. The van der Waals surface area contributed by atoms with E-state index in [1.54, 1.807) is 6.92 Å². The number of hydrogen-bond donors (Lipinski definition) is 1. The van der Waals surface area contributed by atoms with E-state index < -0.39 is 0 Å². The van der Waals surface area contributed by atoms with Crippen LogP contribution in [0.5, 0.6) is 0 Å². The molecule has 3 heteroatoms. The average molecular weight is 316 g/mol. The number of benzene rings is 1. The summed E-state index contributed by atoms with van der Waals surface area (Å²) in [5, 5.41) is 3.43. The van der Waals surface area contributed by atoms with Crippen molar-refractivity contribution in [3.63, 3.8) is 0 Å². The zero-order chi connectivity index (χ0) is 16.7. The summed E-state index contributed by atoms with van der Waals surface area (Å²) in [7, 11) is 2.04. The molecular weight excluding hydrogens is 284 g/mol. The lowest BCUT2D eigenvalue weighted by atomic mass is 9.72. The number of rotatable bonds is 8. The minimum absolute atomic E-state index is 0.0346. The minimum Gasteiger partial charge on any atom is -0.313 e. The van der Waals surface area contributed by atoms with Crippen LogP contribution in [-0.2, 0) is 4.79 Å². The number of hydrogen-bond acceptors (Lipinski definition) is 3. The number of piperidine rings is 1. The summed E-state index contributed by atoms with van der Waals surface area (Å²) in [4.78, 5) is 14.6. The van der Waals surface area contributed by atoms with E-state index in [0.29, 0.717) is 11.8 Å². The second kappa shape index (κ2) is 8.60. The molecule has 1 N–H and O–H groups in total. The van der Waals surface area contributed by atoms with Gasteiger partial charge >= 0.3 is 0 Å². The van der Waals surface area contributed by atoms with Gasteiger partial charge in [0.1, 0.15) is 5.78 Å². The van der Waals surface area contributed by atoms with Crippen LogP contribution in [0.25, 0.3) is 0 Å². The van der Waals surface area contributed by atoms with E-state index in [1.165, 1.54) is 5.56 Å². The summed E-state index contributed by atoms with van der Waals surface area (Å²) in [6, 6.07) is 11.1. The van der Waals surface area contributed by atoms with Gasteiger partial charge in [0.15, 0.2) is 0 Å². The Morgan fingerprint density at radius 1 is 1.26 bits per heavy atom. The molecule has 0 aliphatic carbocycles. The van der Waals surface area contributed by atoms with Crippen LogP contribution in [0.1, 0.15) is 57.6 Å². The molecule has 0 bridgehead atoms. The quantitative estimate of drug-likeness (QED) is 0.791. The zero-order valence-corrected chi connectivity index (χ0v) is 15.0. The third-order valence-corrected chi connectivity index (χ3v) is 5.57. The SMILES string of the molecule is CCCC1(C(C)=O)CCN(CCC(NC)c2ccccc2)CC1. The van der Waals surface area contributed by atoms with Crippen molar-refractivity contribution in [1.82, 2.24) is 10.2 Å². The van der Waals surface area contributed by atoms with Crippen LogP contribution < -0.4 is 5.32 Å². The molecule has 0 spiro atoms. The molecule has 1 aliphatic heterocycles. The molecule has 0 saturated carbocycles. The summed E-state index contributed by atoms with van der Waals surface area (Å²) in [6.07, 6.45) is 5.34. The van der Waals surface area contributed by atoms with Gasteiger partial charge in [-0.2, -0.15) is 0 Å². The van der Waals surface area contributed by atoms with E-state index in [1.807, 2.05) is 7.05 Å². The number of carbonyl (C=O) groups excluding carboxylic acids is 1. The summed E-state index contributed by atoms with van der Waals surface area (Å²) < 4.78 is 0. The van der Waals surface area contributed by atoms with Gasteiger partial charge in [-0.1, -0.05) is 43.7 Å². The fraction of sp³-hybridized carbons (Fsp3) is 0.650. The lowest BCUT2D eigenvalue weighted by Crippen LogP contribution is -2.44. The topological polar surface area (TPSA) is 32.3 Å². The summed E-state index contributed by atoms with van der Waals surface area (Å²) >= 11 is 0. The summed E-state index contributed by atoms with van der Waals surface area (Å²) in [5.74, 6) is 0.399. The molecule has 2 rings (SSSR count). The van der Waals surface area contributed by atoms with Gasteiger partial charge in [-0.15, -0.1) is 0 Å². The second-order valence-electron chi connectivity index (χ2n) is 6.97. The number of nitrogens with one attached hydrogen (secondary N) is 1. The van der Waals surface area contributed by atoms with Crippen molar-refractivity contribution in [2.24, 2.45) is 5.41 Å². The summed E-state index contributed by atoms with van der Waals surface area (Å²) in [5.41, 5.74) is 1.32. The molecule has 0 radical (unpaired) electrons. The molecule has 1 aromatic rings. The van der Waals surface area contributed by atoms with Crippen LogP contribution >= 0.6 is 0 Å². The molecular formula is C20H32N2O. The Balaban J connectivity index is 1.85. The predicted molar refractivity (Wildman–Crippen MR) is 96.6 cm³/mol. The zero-order valence-electron chi connectivity index (χ0n) is 15.0. The van der Waals surface area contributed by atoms with Gasteiger partial charge in [-0.3, -0.25) is 4.79 Å². The van der Waals surface area contributed by atoms with Crippen molar-refractivity contribution in [1.29, 1.82) is 0 Å². The second-order valence-corrected chi connectivity index (χ2v) is 6.97. The highest BCUT2D eigenvalue weighted by molar-refractivity contribution is 5.82. The first kappa shape index (κ1) is 18.2. The number of carbonyl (C=O) groups is 1. The molecule has 1 aromatic carbocycles. The van der Waals surface area contributed by atoms with Gasteiger partial charge in [0.05, 0.1) is 0 Å². The van der Waals surface area contributed by atoms with E-state index in [2.05, 4.69) is 47.5 Å². The van der Waals surface area contributed by atoms with Crippen LogP contribution in [0.15, 0.2) is 30.3 Å². The number of nitrogens with zero attached hydrogens (tertiary/aromatic N) is 1. The fourth-order valence-electron chi connectivity index (χ4n) is 3.94. The highest BCUT2D eigenvalue weighted by Gasteiger charge is 2.37. The Morgan fingerprint density at radius 2 is 1.91 bits per heavy atom. The maximum absolute atomic E-state index is 12.1. The third-order valence-electron chi connectivity index (χ3n) is 5.57. The average Bonchev–Trinajstić information content (AvgIpc) is 2.58. The predicted octanol–water partition coefficient (Wildman–Crippen LogP) is 3.81. The van der Waals surface area contributed by atoms with Crippen molar-refractivity contribution in [2.45, 2.75) is 52.0 Å². The molecule has 3 nitrogen and oxygen atoms in total. The van der Waals surface area contributed by atoms with Crippen LogP contribution in [0, 0.1) is 5.41 Å². The maximum atomic E-state index is 12.1. The van der Waals surface area contributed by atoms with Gasteiger partial charge < -0.3 is 10.2 Å². The smallest absolute Gasteiger partial charge is 0.136 e. The first-order valence-electron chi connectivity index (χ1n) is 9.07. The Bertz CT molecular complexity index is 478. The van der Waals surface area contributed by atoms with Gasteiger partial charge in [0.2, 0.25) is 0 Å². The van der Waals surface area contributed by atoms with Crippen molar-refractivity contribution >= 4 is 5.78 Å². The monoisotopic (exact) mass is 316 g/mol. The van der Waals surface area contributed by atoms with Crippen LogP contribution in [0.4, 0.5) is 0 Å². The highest BCUT2D eigenvalue weighted by atomic mass is 16.1. The maximum Gasteiger partial charge on any atom is 0.136 e. The van der Waals surface area contributed by atoms with E-state index >= 15 is 0 Å². The lowest BCUT2D eigenvalue weighted by Gasteiger charge is -2.40. The van der Waals surface area contributed by atoms with Crippen molar-refractivity contribution in [3.8, 4) is 0 Å². The third kappa shape index (κ3) is 4.65. The molecule has 1 aliphatic rings. The van der Waals surface area contributed by atoms with E-state index in [-0.39, 0.29) is 5.41 Å². The summed E-state index contributed by atoms with van der Waals surface area (Å²) in [6.45, 7) is 7.20. The van der Waals surface area contributed by atoms with Gasteiger partial charge in [0.25, 0.3) is 0 Å². The van der Waals surface area contributed by atoms with E-state index in [4.69, 9.17) is 0 Å². The molecule has 1 unspecified atom stereocenters. The van der Waals surface area contributed by atoms with E-state index in [9.17, 15) is 4.79 Å². The van der Waals surface area contributed by atoms with Crippen LogP contribution in [0.3, 0.4) is 0 Å². The van der Waals surface area contributed by atoms with E-state index in [0.717, 1.165) is 51.7 Å². The Hall–Kier alpha value is -1.19. The number of Topliss-reactive ketones (excluding diaryl/α,β-unsaturated/α-hetero) is 1. The molecule has 1 heterocycles. The number of likely N-dealkylation sites (tertiary alicyclic amines) is 1.